The molecule has 0 bridgehead atoms. The second kappa shape index (κ2) is 6.31. The van der Waals surface area contributed by atoms with E-state index < -0.39 is 0 Å². The molecule has 6 heteroatoms. The number of H-pyrrole nitrogens is 1. The Kier molecular flexibility index (Phi) is 4.20. The van der Waals surface area contributed by atoms with E-state index in [9.17, 15) is 9.59 Å². The largest absolute Gasteiger partial charge is 0.361 e. The molecule has 0 atom stereocenters. The van der Waals surface area contributed by atoms with Crippen LogP contribution in [0.3, 0.4) is 0 Å². The predicted octanol–water partition coefficient (Wildman–Crippen LogP) is 2.88. The Balaban J connectivity index is 1.85. The molecule has 0 aliphatic heterocycles. The maximum Gasteiger partial charge on any atom is 0.248 e. The zero-order valence-corrected chi connectivity index (χ0v) is 13.9. The fourth-order valence-corrected chi connectivity index (χ4v) is 2.82. The van der Waals surface area contributed by atoms with Gasteiger partial charge in [-0.1, -0.05) is 18.1 Å². The number of anilines is 1. The summed E-state index contributed by atoms with van der Waals surface area (Å²) in [4.78, 5) is 26.8. The van der Waals surface area contributed by atoms with Gasteiger partial charge in [-0.2, -0.15) is 0 Å². The summed E-state index contributed by atoms with van der Waals surface area (Å²) < 4.78 is 5.07. The Hall–Kier alpha value is -2.89. The van der Waals surface area contributed by atoms with Crippen molar-refractivity contribution in [3.05, 3.63) is 57.2 Å². The van der Waals surface area contributed by atoms with E-state index in [1.54, 1.807) is 19.1 Å². The summed E-state index contributed by atoms with van der Waals surface area (Å²) in [7, 11) is 0. The smallest absolute Gasteiger partial charge is 0.248 e. The number of rotatable bonds is 4. The molecule has 3 rings (SSSR count). The molecule has 1 amide bonds. The number of benzene rings is 1. The Bertz CT molecular complexity index is 950. The SMILES string of the molecule is CCc1cc(=O)[nH]c2cc(NC(=O)Cc3c(C)noc3C)ccc12. The lowest BCUT2D eigenvalue weighted by molar-refractivity contribution is -0.115. The molecule has 0 aliphatic carbocycles. The van der Waals surface area contributed by atoms with Crippen LogP contribution in [0.4, 0.5) is 5.69 Å². The normalized spacial score (nSPS) is 11.0. The van der Waals surface area contributed by atoms with Crippen LogP contribution in [0.5, 0.6) is 0 Å². The molecule has 0 aliphatic rings. The number of carbonyl (C=O) groups is 1. The molecule has 124 valence electrons. The molecule has 0 unspecified atom stereocenters. The predicted molar refractivity (Wildman–Crippen MR) is 92.3 cm³/mol. The van der Waals surface area contributed by atoms with Crippen molar-refractivity contribution in [3.8, 4) is 0 Å². The first-order chi connectivity index (χ1) is 11.5. The quantitative estimate of drug-likeness (QED) is 0.772. The fraction of sp³-hybridized carbons (Fsp3) is 0.278. The van der Waals surface area contributed by atoms with Gasteiger partial charge < -0.3 is 14.8 Å². The van der Waals surface area contributed by atoms with Crippen molar-refractivity contribution in [2.75, 3.05) is 5.32 Å². The highest BCUT2D eigenvalue weighted by molar-refractivity contribution is 5.95. The number of aryl methyl sites for hydroxylation is 3. The number of nitrogens with zero attached hydrogens (tertiary/aromatic N) is 1. The standard InChI is InChI=1S/C18H19N3O3/c1-4-12-7-17(22)20-16-8-13(5-6-14(12)16)19-18(23)9-15-10(2)21-24-11(15)3/h5-8H,4,9H2,1-3H3,(H,19,23)(H,20,22). The van der Waals surface area contributed by atoms with Crippen LogP contribution < -0.4 is 10.9 Å². The zero-order valence-electron chi connectivity index (χ0n) is 13.9. The van der Waals surface area contributed by atoms with Gasteiger partial charge in [0, 0.05) is 22.7 Å². The number of aromatic amines is 1. The highest BCUT2D eigenvalue weighted by Crippen LogP contribution is 2.21. The minimum absolute atomic E-state index is 0.140. The van der Waals surface area contributed by atoms with Gasteiger partial charge >= 0.3 is 0 Å². The highest BCUT2D eigenvalue weighted by Gasteiger charge is 2.14. The Morgan fingerprint density at radius 3 is 2.75 bits per heavy atom. The lowest BCUT2D eigenvalue weighted by Crippen LogP contribution is -2.15. The van der Waals surface area contributed by atoms with Crippen LogP contribution >= 0.6 is 0 Å². The van der Waals surface area contributed by atoms with Crippen molar-refractivity contribution in [2.45, 2.75) is 33.6 Å². The summed E-state index contributed by atoms with van der Waals surface area (Å²) in [5.74, 6) is 0.496. The molecule has 2 N–H and O–H groups in total. The van der Waals surface area contributed by atoms with Gasteiger partial charge in [0.05, 0.1) is 17.6 Å². The third-order valence-corrected chi connectivity index (χ3v) is 4.11. The first-order valence-corrected chi connectivity index (χ1v) is 7.85. The number of aromatic nitrogens is 2. The summed E-state index contributed by atoms with van der Waals surface area (Å²) >= 11 is 0. The van der Waals surface area contributed by atoms with Crippen molar-refractivity contribution in [1.82, 2.24) is 10.1 Å². The van der Waals surface area contributed by atoms with E-state index in [4.69, 9.17) is 4.52 Å². The van der Waals surface area contributed by atoms with Gasteiger partial charge in [0.2, 0.25) is 11.5 Å². The molecule has 0 spiro atoms. The number of amides is 1. The van der Waals surface area contributed by atoms with Crippen molar-refractivity contribution in [2.24, 2.45) is 0 Å². The van der Waals surface area contributed by atoms with E-state index in [2.05, 4.69) is 15.5 Å². The van der Waals surface area contributed by atoms with Crippen LogP contribution in [0.2, 0.25) is 0 Å². The molecule has 2 heterocycles. The summed E-state index contributed by atoms with van der Waals surface area (Å²) in [5.41, 5.74) is 3.73. The van der Waals surface area contributed by atoms with E-state index in [-0.39, 0.29) is 17.9 Å². The minimum atomic E-state index is -0.155. The molecule has 6 nitrogen and oxygen atoms in total. The molecule has 0 radical (unpaired) electrons. The molecular formula is C18H19N3O3. The van der Waals surface area contributed by atoms with E-state index in [0.717, 1.165) is 34.1 Å². The first-order valence-electron chi connectivity index (χ1n) is 7.85. The maximum absolute atomic E-state index is 12.3. The average Bonchev–Trinajstić information content (AvgIpc) is 2.85. The molecule has 0 saturated carbocycles. The van der Waals surface area contributed by atoms with Gasteiger partial charge in [-0.05, 0) is 38.0 Å². The van der Waals surface area contributed by atoms with Gasteiger partial charge in [0.1, 0.15) is 5.76 Å². The topological polar surface area (TPSA) is 88.0 Å². The zero-order chi connectivity index (χ0) is 17.3. The molecule has 24 heavy (non-hydrogen) atoms. The average molecular weight is 325 g/mol. The van der Waals surface area contributed by atoms with Crippen LogP contribution in [0, 0.1) is 13.8 Å². The van der Waals surface area contributed by atoms with Crippen molar-refractivity contribution >= 4 is 22.5 Å². The summed E-state index contributed by atoms with van der Waals surface area (Å²) in [6.45, 7) is 5.61. The molecule has 0 saturated heterocycles. The van der Waals surface area contributed by atoms with Crippen LogP contribution in [0.15, 0.2) is 33.6 Å². The van der Waals surface area contributed by atoms with E-state index in [1.807, 2.05) is 26.0 Å². The third kappa shape index (κ3) is 3.08. The lowest BCUT2D eigenvalue weighted by atomic mass is 10.1. The number of nitrogens with one attached hydrogen (secondary N) is 2. The van der Waals surface area contributed by atoms with E-state index in [1.165, 1.54) is 0 Å². The van der Waals surface area contributed by atoms with Crippen LogP contribution in [-0.4, -0.2) is 16.0 Å². The van der Waals surface area contributed by atoms with Crippen LogP contribution in [-0.2, 0) is 17.6 Å². The van der Waals surface area contributed by atoms with Gasteiger partial charge in [0.15, 0.2) is 0 Å². The third-order valence-electron chi connectivity index (χ3n) is 4.11. The number of hydrogen-bond donors (Lipinski definition) is 2. The second-order valence-electron chi connectivity index (χ2n) is 5.80. The van der Waals surface area contributed by atoms with E-state index >= 15 is 0 Å². The molecular weight excluding hydrogens is 306 g/mol. The maximum atomic E-state index is 12.3. The van der Waals surface area contributed by atoms with Crippen LogP contribution in [0.1, 0.15) is 29.5 Å². The molecule has 0 fully saturated rings. The van der Waals surface area contributed by atoms with Crippen molar-refractivity contribution in [3.63, 3.8) is 0 Å². The van der Waals surface area contributed by atoms with Crippen LogP contribution in [0.25, 0.3) is 10.9 Å². The van der Waals surface area contributed by atoms with Crippen molar-refractivity contribution < 1.29 is 9.32 Å². The number of pyridine rings is 1. The fourth-order valence-electron chi connectivity index (χ4n) is 2.82. The highest BCUT2D eigenvalue weighted by atomic mass is 16.5. The first kappa shape index (κ1) is 16.0. The number of fused-ring (bicyclic) bond motifs is 1. The monoisotopic (exact) mass is 325 g/mol. The molecule has 2 aromatic heterocycles. The number of hydrogen-bond acceptors (Lipinski definition) is 4. The lowest BCUT2D eigenvalue weighted by Gasteiger charge is -2.08. The Morgan fingerprint density at radius 2 is 2.08 bits per heavy atom. The summed E-state index contributed by atoms with van der Waals surface area (Å²) in [6, 6.07) is 7.14. The van der Waals surface area contributed by atoms with Gasteiger partial charge in [0.25, 0.3) is 0 Å². The van der Waals surface area contributed by atoms with Gasteiger partial charge in [-0.3, -0.25) is 9.59 Å². The summed E-state index contributed by atoms with van der Waals surface area (Å²) in [5, 5.41) is 7.69. The minimum Gasteiger partial charge on any atom is -0.361 e. The van der Waals surface area contributed by atoms with Gasteiger partial charge in [-0.15, -0.1) is 0 Å². The van der Waals surface area contributed by atoms with E-state index in [0.29, 0.717) is 11.4 Å². The molecule has 3 aromatic rings. The van der Waals surface area contributed by atoms with Gasteiger partial charge in [-0.25, -0.2) is 0 Å². The summed E-state index contributed by atoms with van der Waals surface area (Å²) in [6.07, 6.45) is 0.975. The Morgan fingerprint density at radius 1 is 1.29 bits per heavy atom. The van der Waals surface area contributed by atoms with Crippen molar-refractivity contribution in [1.29, 1.82) is 0 Å². The molecule has 1 aromatic carbocycles. The number of carbonyl (C=O) groups excluding carboxylic acids is 1. The Labute approximate surface area is 138 Å². The second-order valence-corrected chi connectivity index (χ2v) is 5.80.